The summed E-state index contributed by atoms with van der Waals surface area (Å²) in [6.07, 6.45) is 1.51. The first-order chi connectivity index (χ1) is 10.7. The number of rotatable bonds is 3. The normalized spacial score (nSPS) is 20.2. The van der Waals surface area contributed by atoms with Gasteiger partial charge < -0.3 is 9.64 Å². The molecule has 1 saturated heterocycles. The smallest absolute Gasteiger partial charge is 0.410 e. The monoisotopic (exact) mass is 341 g/mol. The molecule has 1 fully saturated rings. The van der Waals surface area contributed by atoms with E-state index in [9.17, 15) is 13.4 Å². The molecule has 0 aliphatic carbocycles. The summed E-state index contributed by atoms with van der Waals surface area (Å²) in [7, 11) is -1.18. The molecule has 1 amide bonds. The van der Waals surface area contributed by atoms with E-state index in [-0.39, 0.29) is 17.8 Å². The van der Waals surface area contributed by atoms with Crippen LogP contribution >= 0.6 is 0 Å². The molecule has 0 unspecified atom stereocenters. The lowest BCUT2D eigenvalue weighted by atomic mass is 10.0. The molecular formula is C17H24FNO3S. The number of amides is 1. The van der Waals surface area contributed by atoms with Crippen molar-refractivity contribution in [2.45, 2.75) is 44.1 Å². The Balaban J connectivity index is 1.92. The van der Waals surface area contributed by atoms with Gasteiger partial charge in [-0.1, -0.05) is 0 Å². The average molecular weight is 341 g/mol. The second-order valence-electron chi connectivity index (χ2n) is 6.90. The summed E-state index contributed by atoms with van der Waals surface area (Å²) in [5, 5.41) is 0. The van der Waals surface area contributed by atoms with Gasteiger partial charge in [-0.3, -0.25) is 4.21 Å². The number of nitrogens with zero attached hydrogens (tertiary/aromatic N) is 1. The topological polar surface area (TPSA) is 46.6 Å². The minimum atomic E-state index is -1.18. The summed E-state index contributed by atoms with van der Waals surface area (Å²) in [6, 6.07) is 5.75. The number of benzene rings is 1. The number of hydrogen-bond donors (Lipinski definition) is 0. The lowest BCUT2D eigenvalue weighted by Gasteiger charge is -2.34. The first-order valence-corrected chi connectivity index (χ1v) is 9.18. The van der Waals surface area contributed by atoms with Gasteiger partial charge in [0.15, 0.2) is 0 Å². The van der Waals surface area contributed by atoms with Crippen molar-refractivity contribution >= 4 is 16.9 Å². The molecule has 4 nitrogen and oxygen atoms in total. The van der Waals surface area contributed by atoms with Crippen molar-refractivity contribution in [2.24, 2.45) is 5.92 Å². The molecule has 2 rings (SSSR count). The van der Waals surface area contributed by atoms with E-state index in [1.807, 2.05) is 20.8 Å². The van der Waals surface area contributed by atoms with Gasteiger partial charge in [0.1, 0.15) is 11.4 Å². The Bertz CT molecular complexity index is 568. The Morgan fingerprint density at radius 2 is 2.00 bits per heavy atom. The number of halogens is 1. The number of piperidine rings is 1. The maximum absolute atomic E-state index is 12.9. The van der Waals surface area contributed by atoms with E-state index in [1.54, 1.807) is 17.0 Å². The standard InChI is InChI=1S/C17H24FNO3S/c1-17(2,3)22-16(20)19-10-4-5-13(11-19)12-23(21)15-8-6-14(18)7-9-15/h6-9,13H,4-5,10-12H2,1-3H3/t13-,23+/m0/s1. The molecule has 0 bridgehead atoms. The van der Waals surface area contributed by atoms with Crippen molar-refractivity contribution in [1.82, 2.24) is 4.90 Å². The fourth-order valence-corrected chi connectivity index (χ4v) is 3.92. The van der Waals surface area contributed by atoms with Crippen molar-refractivity contribution in [3.63, 3.8) is 0 Å². The Labute approximate surface area is 139 Å². The maximum atomic E-state index is 12.9. The van der Waals surface area contributed by atoms with Gasteiger partial charge in [0, 0.05) is 23.7 Å². The van der Waals surface area contributed by atoms with Crippen LogP contribution in [0.1, 0.15) is 33.6 Å². The van der Waals surface area contributed by atoms with Gasteiger partial charge in [-0.2, -0.15) is 0 Å². The molecule has 0 aromatic heterocycles. The Kier molecular flexibility index (Phi) is 5.79. The molecule has 0 saturated carbocycles. The molecule has 1 aromatic rings. The quantitative estimate of drug-likeness (QED) is 0.844. The molecule has 0 radical (unpaired) electrons. The van der Waals surface area contributed by atoms with E-state index in [4.69, 9.17) is 4.74 Å². The first-order valence-electron chi connectivity index (χ1n) is 7.86. The van der Waals surface area contributed by atoms with Gasteiger partial charge in [-0.15, -0.1) is 0 Å². The van der Waals surface area contributed by atoms with Gasteiger partial charge >= 0.3 is 6.09 Å². The molecular weight excluding hydrogens is 317 g/mol. The van der Waals surface area contributed by atoms with Gasteiger partial charge in [0.05, 0.1) is 10.8 Å². The number of hydrogen-bond acceptors (Lipinski definition) is 3. The fourth-order valence-electron chi connectivity index (χ4n) is 2.59. The van der Waals surface area contributed by atoms with Gasteiger partial charge in [0.25, 0.3) is 0 Å². The van der Waals surface area contributed by atoms with Crippen LogP contribution in [0.4, 0.5) is 9.18 Å². The molecule has 1 aromatic carbocycles. The van der Waals surface area contributed by atoms with Crippen LogP contribution < -0.4 is 0 Å². The van der Waals surface area contributed by atoms with Crippen molar-refractivity contribution in [2.75, 3.05) is 18.8 Å². The number of likely N-dealkylation sites (tertiary alicyclic amines) is 1. The summed E-state index contributed by atoms with van der Waals surface area (Å²) in [5.74, 6) is 0.312. The highest BCUT2D eigenvalue weighted by Gasteiger charge is 2.28. The maximum Gasteiger partial charge on any atom is 0.410 e. The SMILES string of the molecule is CC(C)(C)OC(=O)N1CCC[C@H](C[S@@](=O)c2ccc(F)cc2)C1. The Morgan fingerprint density at radius 3 is 2.61 bits per heavy atom. The van der Waals surface area contributed by atoms with E-state index >= 15 is 0 Å². The second kappa shape index (κ2) is 7.43. The molecule has 2 atom stereocenters. The third kappa shape index (κ3) is 5.61. The molecule has 0 N–H and O–H groups in total. The summed E-state index contributed by atoms with van der Waals surface area (Å²) >= 11 is 0. The van der Waals surface area contributed by atoms with Crippen molar-refractivity contribution in [3.8, 4) is 0 Å². The number of ether oxygens (including phenoxy) is 1. The van der Waals surface area contributed by atoms with Crippen molar-refractivity contribution < 1.29 is 18.1 Å². The highest BCUT2D eigenvalue weighted by Crippen LogP contribution is 2.22. The van der Waals surface area contributed by atoms with E-state index in [1.165, 1.54) is 12.1 Å². The van der Waals surface area contributed by atoms with Crippen LogP contribution in [-0.4, -0.2) is 39.6 Å². The predicted molar refractivity (Wildman–Crippen MR) is 88.2 cm³/mol. The average Bonchev–Trinajstić information content (AvgIpc) is 2.46. The number of carbonyl (C=O) groups is 1. The highest BCUT2D eigenvalue weighted by molar-refractivity contribution is 7.85. The van der Waals surface area contributed by atoms with Crippen LogP contribution in [-0.2, 0) is 15.5 Å². The predicted octanol–water partition coefficient (Wildman–Crippen LogP) is 3.58. The molecule has 6 heteroatoms. The zero-order valence-corrected chi connectivity index (χ0v) is 14.7. The van der Waals surface area contributed by atoms with Crippen LogP contribution in [0, 0.1) is 11.7 Å². The highest BCUT2D eigenvalue weighted by atomic mass is 32.2. The number of carbonyl (C=O) groups excluding carboxylic acids is 1. The molecule has 1 aliphatic rings. The summed E-state index contributed by atoms with van der Waals surface area (Å²) < 4.78 is 30.7. The van der Waals surface area contributed by atoms with Crippen LogP contribution in [0.2, 0.25) is 0 Å². The van der Waals surface area contributed by atoms with Crippen LogP contribution in [0.15, 0.2) is 29.2 Å². The van der Waals surface area contributed by atoms with Gasteiger partial charge in [-0.05, 0) is 63.8 Å². The van der Waals surface area contributed by atoms with Crippen LogP contribution in [0.5, 0.6) is 0 Å². The summed E-state index contributed by atoms with van der Waals surface area (Å²) in [4.78, 5) is 14.5. The molecule has 23 heavy (non-hydrogen) atoms. The third-order valence-corrected chi connectivity index (χ3v) is 5.21. The molecule has 0 spiro atoms. The largest absolute Gasteiger partial charge is 0.444 e. The van der Waals surface area contributed by atoms with Gasteiger partial charge in [0.2, 0.25) is 0 Å². The van der Waals surface area contributed by atoms with Crippen molar-refractivity contribution in [1.29, 1.82) is 0 Å². The fraction of sp³-hybridized carbons (Fsp3) is 0.588. The minimum absolute atomic E-state index is 0.169. The van der Waals surface area contributed by atoms with Crippen LogP contribution in [0.3, 0.4) is 0 Å². The van der Waals surface area contributed by atoms with Gasteiger partial charge in [-0.25, -0.2) is 9.18 Å². The van der Waals surface area contributed by atoms with Crippen molar-refractivity contribution in [3.05, 3.63) is 30.1 Å². The van der Waals surface area contributed by atoms with Crippen LogP contribution in [0.25, 0.3) is 0 Å². The summed E-state index contributed by atoms with van der Waals surface area (Å²) in [5.41, 5.74) is -0.513. The van der Waals surface area contributed by atoms with E-state index in [2.05, 4.69) is 0 Å². The lowest BCUT2D eigenvalue weighted by Crippen LogP contribution is -2.43. The van der Waals surface area contributed by atoms with E-state index in [0.29, 0.717) is 23.7 Å². The lowest BCUT2D eigenvalue weighted by molar-refractivity contribution is 0.0176. The Morgan fingerprint density at radius 1 is 1.35 bits per heavy atom. The zero-order valence-electron chi connectivity index (χ0n) is 13.9. The minimum Gasteiger partial charge on any atom is -0.444 e. The first kappa shape index (κ1) is 17.9. The molecule has 1 aliphatic heterocycles. The van der Waals surface area contributed by atoms with E-state index < -0.39 is 16.4 Å². The second-order valence-corrected chi connectivity index (χ2v) is 8.40. The molecule has 1 heterocycles. The zero-order chi connectivity index (χ0) is 17.0. The Hall–Kier alpha value is -1.43. The van der Waals surface area contributed by atoms with E-state index in [0.717, 1.165) is 12.8 Å². The summed E-state index contributed by atoms with van der Waals surface area (Å²) in [6.45, 7) is 6.76. The third-order valence-electron chi connectivity index (χ3n) is 3.63. The molecule has 128 valence electrons.